The number of nitrogens with one attached hydrogen (secondary N) is 1. The van der Waals surface area contributed by atoms with Crippen LogP contribution in [0.1, 0.15) is 17.8 Å². The van der Waals surface area contributed by atoms with E-state index in [4.69, 9.17) is 0 Å². The van der Waals surface area contributed by atoms with Crippen LogP contribution in [-0.2, 0) is 16.1 Å². The lowest BCUT2D eigenvalue weighted by Gasteiger charge is -2.18. The molecule has 0 bridgehead atoms. The van der Waals surface area contributed by atoms with E-state index in [2.05, 4.69) is 15.5 Å². The molecule has 3 rings (SSSR count). The van der Waals surface area contributed by atoms with Crippen molar-refractivity contribution < 1.29 is 9.59 Å². The first-order chi connectivity index (χ1) is 10.1. The lowest BCUT2D eigenvalue weighted by atomic mass is 10.1. The third-order valence-electron chi connectivity index (χ3n) is 3.21. The first-order valence-electron chi connectivity index (χ1n) is 6.59. The summed E-state index contributed by atoms with van der Waals surface area (Å²) in [6, 6.07) is 7.88. The molecule has 0 fully saturated rings. The maximum Gasteiger partial charge on any atom is 0.270 e. The molecule has 0 atom stereocenters. The average molecular weight is 302 g/mol. The number of hydrogen-bond donors (Lipinski definition) is 1. The second kappa shape index (κ2) is 5.61. The predicted octanol–water partition coefficient (Wildman–Crippen LogP) is 1.52. The van der Waals surface area contributed by atoms with Gasteiger partial charge in [0.2, 0.25) is 5.91 Å². The first kappa shape index (κ1) is 13.7. The Bertz CT molecular complexity index is 704. The van der Waals surface area contributed by atoms with E-state index in [1.165, 1.54) is 0 Å². The molecule has 1 aliphatic heterocycles. The lowest BCUT2D eigenvalue weighted by Crippen LogP contribution is -2.37. The summed E-state index contributed by atoms with van der Waals surface area (Å²) in [4.78, 5) is 29.4. The lowest BCUT2D eigenvalue weighted by molar-refractivity contribution is -0.124. The van der Waals surface area contributed by atoms with Gasteiger partial charge in [-0.05, 0) is 12.1 Å². The van der Waals surface area contributed by atoms with Gasteiger partial charge in [0.15, 0.2) is 0 Å². The fraction of sp³-hybridized carbons (Fsp3) is 0.286. The smallest absolute Gasteiger partial charge is 0.270 e. The summed E-state index contributed by atoms with van der Waals surface area (Å²) in [5.41, 5.74) is 3.67. The summed E-state index contributed by atoms with van der Waals surface area (Å²) < 4.78 is 1.11. The number of thiazole rings is 1. The number of amides is 2. The van der Waals surface area contributed by atoms with Crippen LogP contribution in [-0.4, -0.2) is 34.5 Å². The summed E-state index contributed by atoms with van der Waals surface area (Å²) in [6.07, 6.45) is 0.689. The number of carbonyl (C=O) groups is 2. The molecular formula is C14H14N4O2S. The molecule has 21 heavy (non-hydrogen) atoms. The molecule has 2 amide bonds. The van der Waals surface area contributed by atoms with Crippen LogP contribution in [0.2, 0.25) is 0 Å². The van der Waals surface area contributed by atoms with Gasteiger partial charge in [-0.3, -0.25) is 9.59 Å². The number of rotatable bonds is 3. The number of aromatic nitrogens is 1. The van der Waals surface area contributed by atoms with Gasteiger partial charge in [0, 0.05) is 19.9 Å². The van der Waals surface area contributed by atoms with Gasteiger partial charge in [-0.25, -0.2) is 10.4 Å². The Morgan fingerprint density at radius 3 is 2.90 bits per heavy atom. The van der Waals surface area contributed by atoms with Crippen molar-refractivity contribution in [1.29, 1.82) is 0 Å². The second-order valence-electron chi connectivity index (χ2n) is 4.83. The molecule has 1 aromatic heterocycles. The molecule has 1 N–H and O–H groups in total. The van der Waals surface area contributed by atoms with Gasteiger partial charge in [-0.2, -0.15) is 5.10 Å². The maximum atomic E-state index is 12.2. The highest BCUT2D eigenvalue weighted by atomic mass is 32.1. The summed E-state index contributed by atoms with van der Waals surface area (Å²) in [6.45, 7) is 0.436. The SMILES string of the molecule is CN(Cc1nc2ccccc2s1)C(=O)C1=NNC(=O)CC1. The van der Waals surface area contributed by atoms with Crippen molar-refractivity contribution in [3.63, 3.8) is 0 Å². The van der Waals surface area contributed by atoms with E-state index in [0.29, 0.717) is 25.1 Å². The summed E-state index contributed by atoms with van der Waals surface area (Å²) >= 11 is 1.58. The van der Waals surface area contributed by atoms with Crippen molar-refractivity contribution in [2.75, 3.05) is 7.05 Å². The minimum atomic E-state index is -0.172. The fourth-order valence-electron chi connectivity index (χ4n) is 2.11. The zero-order valence-corrected chi connectivity index (χ0v) is 12.3. The van der Waals surface area contributed by atoms with E-state index in [1.54, 1.807) is 23.3 Å². The number of carbonyl (C=O) groups excluding carboxylic acids is 2. The van der Waals surface area contributed by atoms with Crippen molar-refractivity contribution in [3.05, 3.63) is 29.3 Å². The standard InChI is InChI=1S/C14H14N4O2S/c1-18(14(20)10-6-7-12(19)17-16-10)8-13-15-9-4-2-3-5-11(9)21-13/h2-5H,6-8H2,1H3,(H,17,19). The predicted molar refractivity (Wildman–Crippen MR) is 80.9 cm³/mol. The van der Waals surface area contributed by atoms with Gasteiger partial charge in [-0.15, -0.1) is 11.3 Å². The van der Waals surface area contributed by atoms with Crippen LogP contribution >= 0.6 is 11.3 Å². The van der Waals surface area contributed by atoms with Crippen molar-refractivity contribution in [1.82, 2.24) is 15.3 Å². The largest absolute Gasteiger partial charge is 0.334 e. The molecule has 0 saturated heterocycles. The van der Waals surface area contributed by atoms with E-state index in [0.717, 1.165) is 15.2 Å². The number of nitrogens with zero attached hydrogens (tertiary/aromatic N) is 3. The van der Waals surface area contributed by atoms with Crippen molar-refractivity contribution >= 4 is 39.1 Å². The van der Waals surface area contributed by atoms with Gasteiger partial charge in [0.05, 0.1) is 16.8 Å². The maximum absolute atomic E-state index is 12.2. The summed E-state index contributed by atoms with van der Waals surface area (Å²) in [5.74, 6) is -0.324. The Morgan fingerprint density at radius 2 is 2.19 bits per heavy atom. The number of para-hydroxylation sites is 1. The highest BCUT2D eigenvalue weighted by Crippen LogP contribution is 2.22. The molecule has 108 valence electrons. The Balaban J connectivity index is 1.72. The van der Waals surface area contributed by atoms with Gasteiger partial charge >= 0.3 is 0 Å². The molecule has 0 spiro atoms. The molecule has 2 aromatic rings. The van der Waals surface area contributed by atoms with Crippen LogP contribution in [0, 0.1) is 0 Å². The molecule has 7 heteroatoms. The van der Waals surface area contributed by atoms with Crippen LogP contribution in [0.15, 0.2) is 29.4 Å². The van der Waals surface area contributed by atoms with Crippen LogP contribution < -0.4 is 5.43 Å². The Morgan fingerprint density at radius 1 is 1.38 bits per heavy atom. The Hall–Kier alpha value is -2.28. The van der Waals surface area contributed by atoms with Gasteiger partial charge < -0.3 is 4.90 Å². The quantitative estimate of drug-likeness (QED) is 0.934. The van der Waals surface area contributed by atoms with Crippen LogP contribution in [0.3, 0.4) is 0 Å². The van der Waals surface area contributed by atoms with Gasteiger partial charge in [-0.1, -0.05) is 12.1 Å². The molecular weight excluding hydrogens is 288 g/mol. The van der Waals surface area contributed by atoms with E-state index in [9.17, 15) is 9.59 Å². The zero-order valence-electron chi connectivity index (χ0n) is 11.5. The Labute approximate surface area is 125 Å². The number of hydrazone groups is 1. The van der Waals surface area contributed by atoms with Crippen molar-refractivity contribution in [3.8, 4) is 0 Å². The molecule has 0 radical (unpaired) electrons. The normalized spacial score (nSPS) is 14.7. The topological polar surface area (TPSA) is 74.7 Å². The van der Waals surface area contributed by atoms with Crippen LogP contribution in [0.5, 0.6) is 0 Å². The molecule has 0 aliphatic carbocycles. The molecule has 0 unspecified atom stereocenters. The van der Waals surface area contributed by atoms with E-state index >= 15 is 0 Å². The number of benzene rings is 1. The third-order valence-corrected chi connectivity index (χ3v) is 4.23. The number of fused-ring (bicyclic) bond motifs is 1. The Kier molecular flexibility index (Phi) is 3.66. The molecule has 6 nitrogen and oxygen atoms in total. The van der Waals surface area contributed by atoms with Gasteiger partial charge in [0.1, 0.15) is 10.7 Å². The molecule has 2 heterocycles. The van der Waals surface area contributed by atoms with Crippen LogP contribution in [0.25, 0.3) is 10.2 Å². The molecule has 1 aromatic carbocycles. The summed E-state index contributed by atoms with van der Waals surface area (Å²) in [5, 5.41) is 4.71. The third kappa shape index (κ3) is 2.92. The highest BCUT2D eigenvalue weighted by Gasteiger charge is 2.22. The monoisotopic (exact) mass is 302 g/mol. The van der Waals surface area contributed by atoms with Gasteiger partial charge in [0.25, 0.3) is 5.91 Å². The zero-order chi connectivity index (χ0) is 14.8. The average Bonchev–Trinajstić information content (AvgIpc) is 2.89. The van der Waals surface area contributed by atoms with Crippen molar-refractivity contribution in [2.24, 2.45) is 5.10 Å². The van der Waals surface area contributed by atoms with Crippen molar-refractivity contribution in [2.45, 2.75) is 19.4 Å². The summed E-state index contributed by atoms with van der Waals surface area (Å²) in [7, 11) is 1.72. The fourth-order valence-corrected chi connectivity index (χ4v) is 3.13. The van der Waals surface area contributed by atoms with E-state index < -0.39 is 0 Å². The van der Waals surface area contributed by atoms with Crippen LogP contribution in [0.4, 0.5) is 0 Å². The second-order valence-corrected chi connectivity index (χ2v) is 5.95. The van der Waals surface area contributed by atoms with E-state index in [-0.39, 0.29) is 11.8 Å². The minimum absolute atomic E-state index is 0.152. The number of hydrogen-bond acceptors (Lipinski definition) is 5. The molecule has 1 aliphatic rings. The molecule has 0 saturated carbocycles. The highest BCUT2D eigenvalue weighted by molar-refractivity contribution is 7.18. The van der Waals surface area contributed by atoms with E-state index in [1.807, 2.05) is 24.3 Å². The first-order valence-corrected chi connectivity index (χ1v) is 7.40. The minimum Gasteiger partial charge on any atom is -0.334 e.